The van der Waals surface area contributed by atoms with E-state index in [1.165, 1.54) is 11.3 Å². The van der Waals surface area contributed by atoms with E-state index in [1.54, 1.807) is 0 Å². The Hall–Kier alpha value is -0.190. The maximum atomic E-state index is 5.73. The molecule has 0 saturated carbocycles. The van der Waals surface area contributed by atoms with Gasteiger partial charge in [0.05, 0.1) is 0 Å². The van der Waals surface area contributed by atoms with Crippen LogP contribution in [0.1, 0.15) is 5.56 Å². The highest BCUT2D eigenvalue weighted by atomic mass is 79.9. The van der Waals surface area contributed by atoms with E-state index in [0.717, 1.165) is 16.8 Å². The molecular formula is C11H17BrN2S. The zero-order chi connectivity index (χ0) is 11.3. The summed E-state index contributed by atoms with van der Waals surface area (Å²) in [5, 5.41) is 0. The van der Waals surface area contributed by atoms with Crippen LogP contribution in [0.15, 0.2) is 22.7 Å². The second-order valence-electron chi connectivity index (χ2n) is 3.39. The number of nitrogens with zero attached hydrogens (tertiary/aromatic N) is 1. The molecule has 1 aromatic carbocycles. The molecule has 0 bridgehead atoms. The molecule has 4 heteroatoms. The van der Waals surface area contributed by atoms with Crippen molar-refractivity contribution < 1.29 is 0 Å². The Labute approximate surface area is 104 Å². The molecule has 2 N–H and O–H groups in total. The molecule has 0 aliphatic rings. The van der Waals surface area contributed by atoms with E-state index in [4.69, 9.17) is 5.73 Å². The van der Waals surface area contributed by atoms with Gasteiger partial charge in [-0.1, -0.05) is 15.9 Å². The summed E-state index contributed by atoms with van der Waals surface area (Å²) < 4.78 is 1.09. The molecule has 2 nitrogen and oxygen atoms in total. The SMILES string of the molecule is CSCCN(C)c1ccc(Br)cc1CN. The van der Waals surface area contributed by atoms with Gasteiger partial charge in [-0.3, -0.25) is 0 Å². The molecule has 0 unspecified atom stereocenters. The van der Waals surface area contributed by atoms with Crippen LogP contribution in [0.4, 0.5) is 5.69 Å². The van der Waals surface area contributed by atoms with Gasteiger partial charge in [-0.05, 0) is 30.0 Å². The first kappa shape index (κ1) is 12.9. The van der Waals surface area contributed by atoms with Gasteiger partial charge in [0.2, 0.25) is 0 Å². The number of rotatable bonds is 5. The second kappa shape index (κ2) is 6.40. The average Bonchev–Trinajstić information content (AvgIpc) is 2.25. The third-order valence-electron chi connectivity index (χ3n) is 2.30. The highest BCUT2D eigenvalue weighted by Gasteiger charge is 2.06. The average molecular weight is 289 g/mol. The minimum atomic E-state index is 0.582. The first-order chi connectivity index (χ1) is 7.19. The van der Waals surface area contributed by atoms with Gasteiger partial charge >= 0.3 is 0 Å². The molecule has 1 aromatic rings. The lowest BCUT2D eigenvalue weighted by atomic mass is 10.1. The lowest BCUT2D eigenvalue weighted by molar-refractivity contribution is 0.948. The Balaban J connectivity index is 2.82. The summed E-state index contributed by atoms with van der Waals surface area (Å²) in [6.45, 7) is 1.63. The fraction of sp³-hybridized carbons (Fsp3) is 0.455. The molecule has 0 atom stereocenters. The molecule has 0 saturated heterocycles. The molecule has 84 valence electrons. The smallest absolute Gasteiger partial charge is 0.0410 e. The number of benzene rings is 1. The third kappa shape index (κ3) is 3.70. The van der Waals surface area contributed by atoms with Gasteiger partial charge in [0.1, 0.15) is 0 Å². The molecule has 0 aromatic heterocycles. The van der Waals surface area contributed by atoms with Gasteiger partial charge < -0.3 is 10.6 Å². The van der Waals surface area contributed by atoms with Crippen molar-refractivity contribution in [1.29, 1.82) is 0 Å². The number of anilines is 1. The fourth-order valence-corrected chi connectivity index (χ4v) is 2.30. The first-order valence-electron chi connectivity index (χ1n) is 4.87. The molecule has 0 amide bonds. The van der Waals surface area contributed by atoms with E-state index in [1.807, 2.05) is 11.8 Å². The van der Waals surface area contributed by atoms with Crippen LogP contribution >= 0.6 is 27.7 Å². The van der Waals surface area contributed by atoms with Crippen molar-refractivity contribution in [1.82, 2.24) is 0 Å². The van der Waals surface area contributed by atoms with E-state index in [0.29, 0.717) is 6.54 Å². The van der Waals surface area contributed by atoms with Crippen molar-refractivity contribution in [2.24, 2.45) is 5.73 Å². The molecule has 1 rings (SSSR count). The number of halogens is 1. The van der Waals surface area contributed by atoms with Crippen LogP contribution in [0.2, 0.25) is 0 Å². The summed E-state index contributed by atoms with van der Waals surface area (Å²) >= 11 is 5.32. The standard InChI is InChI=1S/C11H17BrN2S/c1-14(5-6-15-2)11-4-3-10(12)7-9(11)8-13/h3-4,7H,5-6,8,13H2,1-2H3. The first-order valence-corrected chi connectivity index (χ1v) is 7.06. The highest BCUT2D eigenvalue weighted by molar-refractivity contribution is 9.10. The number of hydrogen-bond donors (Lipinski definition) is 1. The molecule has 0 fully saturated rings. The summed E-state index contributed by atoms with van der Waals surface area (Å²) in [5.41, 5.74) is 8.15. The van der Waals surface area contributed by atoms with Crippen molar-refractivity contribution >= 4 is 33.4 Å². The Morgan fingerprint density at radius 1 is 1.47 bits per heavy atom. The van der Waals surface area contributed by atoms with Crippen molar-refractivity contribution in [3.05, 3.63) is 28.2 Å². The molecule has 15 heavy (non-hydrogen) atoms. The Morgan fingerprint density at radius 3 is 2.80 bits per heavy atom. The minimum Gasteiger partial charge on any atom is -0.374 e. The number of thioether (sulfide) groups is 1. The number of nitrogens with two attached hydrogens (primary N) is 1. The third-order valence-corrected chi connectivity index (χ3v) is 3.39. The van der Waals surface area contributed by atoms with Crippen LogP contribution in [0.5, 0.6) is 0 Å². The van der Waals surface area contributed by atoms with E-state index in [2.05, 4.69) is 52.3 Å². The predicted molar refractivity (Wildman–Crippen MR) is 73.7 cm³/mol. The van der Waals surface area contributed by atoms with E-state index in [-0.39, 0.29) is 0 Å². The molecule has 0 aliphatic carbocycles. The Morgan fingerprint density at radius 2 is 2.20 bits per heavy atom. The summed E-state index contributed by atoms with van der Waals surface area (Å²) in [4.78, 5) is 2.26. The summed E-state index contributed by atoms with van der Waals surface area (Å²) in [6.07, 6.45) is 2.12. The maximum absolute atomic E-state index is 5.73. The second-order valence-corrected chi connectivity index (χ2v) is 5.29. The van der Waals surface area contributed by atoms with E-state index >= 15 is 0 Å². The molecule has 0 heterocycles. The van der Waals surface area contributed by atoms with Gasteiger partial charge in [0, 0.05) is 36.1 Å². The van der Waals surface area contributed by atoms with Crippen molar-refractivity contribution in [3.63, 3.8) is 0 Å². The Bertz CT molecular complexity index is 317. The minimum absolute atomic E-state index is 0.582. The fourth-order valence-electron chi connectivity index (χ4n) is 1.44. The number of hydrogen-bond acceptors (Lipinski definition) is 3. The van der Waals surface area contributed by atoms with Crippen LogP contribution in [-0.4, -0.2) is 25.6 Å². The summed E-state index contributed by atoms with van der Waals surface area (Å²) in [5.74, 6) is 1.14. The van der Waals surface area contributed by atoms with Crippen LogP contribution in [0, 0.1) is 0 Å². The molecule has 0 aliphatic heterocycles. The normalized spacial score (nSPS) is 10.4. The summed E-state index contributed by atoms with van der Waals surface area (Å²) in [6, 6.07) is 6.27. The maximum Gasteiger partial charge on any atom is 0.0410 e. The van der Waals surface area contributed by atoms with Crippen LogP contribution < -0.4 is 10.6 Å². The largest absolute Gasteiger partial charge is 0.374 e. The van der Waals surface area contributed by atoms with Crippen LogP contribution in [0.25, 0.3) is 0 Å². The van der Waals surface area contributed by atoms with E-state index in [9.17, 15) is 0 Å². The summed E-state index contributed by atoms with van der Waals surface area (Å²) in [7, 11) is 2.11. The quantitative estimate of drug-likeness (QED) is 0.903. The van der Waals surface area contributed by atoms with Crippen molar-refractivity contribution in [3.8, 4) is 0 Å². The van der Waals surface area contributed by atoms with E-state index < -0.39 is 0 Å². The van der Waals surface area contributed by atoms with Gasteiger partial charge in [-0.2, -0.15) is 11.8 Å². The van der Waals surface area contributed by atoms with Crippen LogP contribution in [-0.2, 0) is 6.54 Å². The van der Waals surface area contributed by atoms with Gasteiger partial charge in [-0.15, -0.1) is 0 Å². The van der Waals surface area contributed by atoms with Crippen molar-refractivity contribution in [2.45, 2.75) is 6.54 Å². The highest BCUT2D eigenvalue weighted by Crippen LogP contribution is 2.23. The topological polar surface area (TPSA) is 29.3 Å². The van der Waals surface area contributed by atoms with Crippen molar-refractivity contribution in [2.75, 3.05) is 30.5 Å². The predicted octanol–water partition coefficient (Wildman–Crippen LogP) is 2.71. The van der Waals surface area contributed by atoms with Crippen LogP contribution in [0.3, 0.4) is 0 Å². The van der Waals surface area contributed by atoms with Gasteiger partial charge in [-0.25, -0.2) is 0 Å². The monoisotopic (exact) mass is 288 g/mol. The molecule has 0 radical (unpaired) electrons. The molecule has 0 spiro atoms. The Kier molecular flexibility index (Phi) is 5.50. The lowest BCUT2D eigenvalue weighted by Gasteiger charge is -2.21. The lowest BCUT2D eigenvalue weighted by Crippen LogP contribution is -2.22. The van der Waals surface area contributed by atoms with Gasteiger partial charge in [0.15, 0.2) is 0 Å². The van der Waals surface area contributed by atoms with Gasteiger partial charge in [0.25, 0.3) is 0 Å². The zero-order valence-electron chi connectivity index (χ0n) is 9.16. The molecular weight excluding hydrogens is 272 g/mol. The zero-order valence-corrected chi connectivity index (χ0v) is 11.6.